The molecule has 11 nitrogen and oxygen atoms in total. The Labute approximate surface area is 236 Å². The van der Waals surface area contributed by atoms with E-state index < -0.39 is 45.6 Å². The quantitative estimate of drug-likeness (QED) is 0.139. The zero-order valence-corrected chi connectivity index (χ0v) is 24.3. The van der Waals surface area contributed by atoms with Crippen LogP contribution in [0.3, 0.4) is 0 Å². The Morgan fingerprint density at radius 3 is 2.10 bits per heavy atom. The molecule has 2 aromatic carbocycles. The summed E-state index contributed by atoms with van der Waals surface area (Å²) in [5, 5.41) is 37.4. The molecule has 12 heteroatoms. The summed E-state index contributed by atoms with van der Waals surface area (Å²) in [6.07, 6.45) is -1.33. The maximum Gasteiger partial charge on any atom is 0.405 e. The lowest BCUT2D eigenvalue weighted by Crippen LogP contribution is -2.58. The molecule has 2 aromatic rings. The summed E-state index contributed by atoms with van der Waals surface area (Å²) >= 11 is 0. The molecular formula is C28H40N4O7S. The molecule has 0 heterocycles. The second-order valence-electron chi connectivity index (χ2n) is 11.2. The van der Waals surface area contributed by atoms with Crippen LogP contribution in [0.2, 0.25) is 0 Å². The summed E-state index contributed by atoms with van der Waals surface area (Å²) in [6.45, 7) is 8.63. The van der Waals surface area contributed by atoms with Crippen molar-refractivity contribution in [2.45, 2.75) is 64.1 Å². The third-order valence-corrected chi connectivity index (χ3v) is 8.02. The number of benzene rings is 2. The molecule has 0 saturated heterocycles. The van der Waals surface area contributed by atoms with Gasteiger partial charge in [-0.15, -0.1) is 0 Å². The molecule has 0 aliphatic heterocycles. The number of carboxylic acid groups (broad SMARTS) is 1. The molecule has 0 bridgehead atoms. The molecule has 0 aliphatic carbocycles. The zero-order valence-electron chi connectivity index (χ0n) is 23.5. The summed E-state index contributed by atoms with van der Waals surface area (Å²) in [5.41, 5.74) is 0.528. The average molecular weight is 577 g/mol. The first kappa shape index (κ1) is 32.7. The second-order valence-corrected chi connectivity index (χ2v) is 13.1. The van der Waals surface area contributed by atoms with Crippen molar-refractivity contribution in [2.24, 2.45) is 16.5 Å². The third-order valence-electron chi connectivity index (χ3n) is 6.17. The molecule has 40 heavy (non-hydrogen) atoms. The number of carbonyl (C=O) groups excluding carboxylic acids is 1. The van der Waals surface area contributed by atoms with Gasteiger partial charge in [-0.05, 0) is 41.0 Å². The first-order valence-corrected chi connectivity index (χ1v) is 14.4. The van der Waals surface area contributed by atoms with Gasteiger partial charge in [0.2, 0.25) is 15.9 Å². The first-order valence-electron chi connectivity index (χ1n) is 12.9. The molecule has 0 aromatic heterocycles. The minimum Gasteiger partial charge on any atom is -0.465 e. The van der Waals surface area contributed by atoms with Gasteiger partial charge < -0.3 is 26.1 Å². The van der Waals surface area contributed by atoms with Crippen LogP contribution in [0.1, 0.15) is 45.7 Å². The number of aliphatic hydroxyl groups is 1. The Bertz CT molecular complexity index is 1240. The summed E-state index contributed by atoms with van der Waals surface area (Å²) in [7, 11) is -4.05. The van der Waals surface area contributed by atoms with Gasteiger partial charge in [-0.1, -0.05) is 82.2 Å². The number of aliphatic hydroxyl groups excluding tert-OH is 1. The van der Waals surface area contributed by atoms with Crippen molar-refractivity contribution in [3.05, 3.63) is 65.7 Å². The standard InChI is InChI=1S/C28H40N4O7S/c1-19(2)17-32(40(38,39)22-13-11-21(12-14-22)16-29-37)18-24(33)23(15-20-9-7-6-8-10-20)30-26(34)25(28(3,4)5)31-27(35)36/h6-14,16,19,23-25,31,33,37H,15,17-18H2,1-5H3,(H,30,34)(H,35,36)/t23-,24+,25+/m0/s1. The lowest BCUT2D eigenvalue weighted by atomic mass is 9.85. The number of carbonyl (C=O) groups is 2. The molecule has 2 rings (SSSR count). The molecule has 3 atom stereocenters. The van der Waals surface area contributed by atoms with E-state index in [2.05, 4.69) is 15.8 Å². The smallest absolute Gasteiger partial charge is 0.405 e. The van der Waals surface area contributed by atoms with E-state index in [1.54, 1.807) is 20.8 Å². The van der Waals surface area contributed by atoms with Crippen molar-refractivity contribution < 1.29 is 33.4 Å². The van der Waals surface area contributed by atoms with Gasteiger partial charge in [-0.2, -0.15) is 4.31 Å². The molecule has 0 fully saturated rings. The maximum absolute atomic E-state index is 13.6. The van der Waals surface area contributed by atoms with Crippen LogP contribution in [-0.2, 0) is 21.2 Å². The topological polar surface area (TPSA) is 169 Å². The predicted molar refractivity (Wildman–Crippen MR) is 152 cm³/mol. The summed E-state index contributed by atoms with van der Waals surface area (Å²) in [4.78, 5) is 24.7. The Hall–Kier alpha value is -3.48. The van der Waals surface area contributed by atoms with Gasteiger partial charge in [-0.3, -0.25) is 4.79 Å². The third kappa shape index (κ3) is 9.61. The Morgan fingerprint density at radius 1 is 1.00 bits per heavy atom. The number of amides is 2. The van der Waals surface area contributed by atoms with Crippen LogP contribution in [0.5, 0.6) is 0 Å². The minimum atomic E-state index is -4.05. The fourth-order valence-electron chi connectivity index (χ4n) is 4.17. The highest BCUT2D eigenvalue weighted by Gasteiger charge is 2.36. The zero-order chi connectivity index (χ0) is 30.1. The predicted octanol–water partition coefficient (Wildman–Crippen LogP) is 2.91. The van der Waals surface area contributed by atoms with E-state index in [1.165, 1.54) is 34.8 Å². The first-order chi connectivity index (χ1) is 18.6. The van der Waals surface area contributed by atoms with Gasteiger partial charge in [0.1, 0.15) is 6.04 Å². The Balaban J connectivity index is 2.40. The maximum atomic E-state index is 13.6. The van der Waals surface area contributed by atoms with Crippen LogP contribution in [0, 0.1) is 11.3 Å². The highest BCUT2D eigenvalue weighted by molar-refractivity contribution is 7.89. The van der Waals surface area contributed by atoms with Crippen LogP contribution in [0.15, 0.2) is 64.6 Å². The number of hydrogen-bond donors (Lipinski definition) is 5. The van der Waals surface area contributed by atoms with Crippen LogP contribution in [0.25, 0.3) is 0 Å². The Morgan fingerprint density at radius 2 is 1.60 bits per heavy atom. The van der Waals surface area contributed by atoms with Crippen molar-refractivity contribution in [1.29, 1.82) is 0 Å². The van der Waals surface area contributed by atoms with Gasteiger partial charge in [0, 0.05) is 13.1 Å². The molecule has 2 amide bonds. The number of rotatable bonds is 13. The van der Waals surface area contributed by atoms with Gasteiger partial charge in [0.05, 0.1) is 23.3 Å². The lowest BCUT2D eigenvalue weighted by Gasteiger charge is -2.34. The van der Waals surface area contributed by atoms with Crippen LogP contribution < -0.4 is 10.6 Å². The van der Waals surface area contributed by atoms with Crippen molar-refractivity contribution in [2.75, 3.05) is 13.1 Å². The SMILES string of the molecule is CC(C)CN(C[C@@H](O)[C@H](Cc1ccccc1)NC(=O)[C@@H](NC(=O)O)C(C)(C)C)S(=O)(=O)c1ccc(C=NO)cc1. The summed E-state index contributed by atoms with van der Waals surface area (Å²) < 4.78 is 28.4. The van der Waals surface area contributed by atoms with Crippen LogP contribution in [0.4, 0.5) is 4.79 Å². The normalized spacial score (nSPS) is 14.7. The molecule has 0 saturated carbocycles. The van der Waals surface area contributed by atoms with Crippen molar-refractivity contribution >= 4 is 28.2 Å². The highest BCUT2D eigenvalue weighted by atomic mass is 32.2. The van der Waals surface area contributed by atoms with Crippen molar-refractivity contribution in [1.82, 2.24) is 14.9 Å². The van der Waals surface area contributed by atoms with E-state index in [0.29, 0.717) is 5.56 Å². The largest absolute Gasteiger partial charge is 0.465 e. The second kappa shape index (κ2) is 14.2. The number of oxime groups is 1. The molecular weight excluding hydrogens is 536 g/mol. The number of nitrogens with one attached hydrogen (secondary N) is 2. The lowest BCUT2D eigenvalue weighted by molar-refractivity contribution is -0.127. The fraction of sp³-hybridized carbons (Fsp3) is 0.464. The van der Waals surface area contributed by atoms with Gasteiger partial charge in [-0.25, -0.2) is 13.2 Å². The number of sulfonamides is 1. The monoisotopic (exact) mass is 576 g/mol. The van der Waals surface area contributed by atoms with E-state index in [-0.39, 0.29) is 30.3 Å². The average Bonchev–Trinajstić information content (AvgIpc) is 2.86. The highest BCUT2D eigenvalue weighted by Crippen LogP contribution is 2.22. The minimum absolute atomic E-state index is 0.00228. The van der Waals surface area contributed by atoms with Crippen molar-refractivity contribution in [3.63, 3.8) is 0 Å². The molecule has 5 N–H and O–H groups in total. The summed E-state index contributed by atoms with van der Waals surface area (Å²) in [6, 6.07) is 12.8. The van der Waals surface area contributed by atoms with Crippen LogP contribution >= 0.6 is 0 Å². The van der Waals surface area contributed by atoms with Gasteiger partial charge >= 0.3 is 6.09 Å². The molecule has 0 spiro atoms. The molecule has 0 unspecified atom stereocenters. The summed E-state index contributed by atoms with van der Waals surface area (Å²) in [5.74, 6) is -0.704. The van der Waals surface area contributed by atoms with E-state index in [9.17, 15) is 28.2 Å². The van der Waals surface area contributed by atoms with Crippen molar-refractivity contribution in [3.8, 4) is 0 Å². The molecule has 0 radical (unpaired) electrons. The van der Waals surface area contributed by atoms with E-state index in [0.717, 1.165) is 5.56 Å². The number of hydrogen-bond acceptors (Lipinski definition) is 7. The number of nitrogens with zero attached hydrogens (tertiary/aromatic N) is 2. The van der Waals surface area contributed by atoms with E-state index in [4.69, 9.17) is 5.21 Å². The van der Waals surface area contributed by atoms with Gasteiger partial charge in [0.15, 0.2) is 0 Å². The van der Waals surface area contributed by atoms with E-state index >= 15 is 0 Å². The Kier molecular flexibility index (Phi) is 11.7. The van der Waals surface area contributed by atoms with Gasteiger partial charge in [0.25, 0.3) is 0 Å². The van der Waals surface area contributed by atoms with Crippen LogP contribution in [-0.4, -0.2) is 77.6 Å². The van der Waals surface area contributed by atoms with E-state index in [1.807, 2.05) is 44.2 Å². The fourth-order valence-corrected chi connectivity index (χ4v) is 5.79. The molecule has 220 valence electrons. The molecule has 0 aliphatic rings.